The predicted octanol–water partition coefficient (Wildman–Crippen LogP) is 4.69. The van der Waals surface area contributed by atoms with Gasteiger partial charge in [-0.15, -0.1) is 0 Å². The molecule has 0 aromatic rings. The lowest BCUT2D eigenvalue weighted by Gasteiger charge is -2.62. The Morgan fingerprint density at radius 3 is 2.17 bits per heavy atom. The van der Waals surface area contributed by atoms with Gasteiger partial charge >= 0.3 is 23.9 Å². The van der Waals surface area contributed by atoms with Crippen LogP contribution in [0.15, 0.2) is 36.5 Å². The number of allylic oxidation sites excluding steroid dienone is 2. The molecule has 2 aliphatic carbocycles. The topological polar surface area (TPSA) is 135 Å². The molecule has 9 atom stereocenters. The first-order valence-corrected chi connectivity index (χ1v) is 14.8. The minimum absolute atomic E-state index is 0.119. The van der Waals surface area contributed by atoms with E-state index in [2.05, 4.69) is 13.2 Å². The fraction of sp³-hybridized carbons (Fsp3) is 0.688. The second-order valence-corrected chi connectivity index (χ2v) is 11.9. The minimum atomic E-state index is -1.48. The van der Waals surface area contributed by atoms with E-state index in [0.717, 1.165) is 5.57 Å². The maximum atomic E-state index is 12.7. The Kier molecular flexibility index (Phi) is 10.8. The van der Waals surface area contributed by atoms with E-state index in [4.69, 9.17) is 23.7 Å². The van der Waals surface area contributed by atoms with Crippen molar-refractivity contribution in [1.29, 1.82) is 0 Å². The van der Waals surface area contributed by atoms with E-state index < -0.39 is 71.5 Å². The highest BCUT2D eigenvalue weighted by Crippen LogP contribution is 2.67. The summed E-state index contributed by atoms with van der Waals surface area (Å²) in [6.07, 6.45) is 0.294. The van der Waals surface area contributed by atoms with E-state index in [1.807, 2.05) is 27.7 Å². The van der Waals surface area contributed by atoms with E-state index in [-0.39, 0.29) is 25.2 Å². The van der Waals surface area contributed by atoms with Gasteiger partial charge in [0.2, 0.25) is 12.6 Å². The largest absolute Gasteiger partial charge is 0.459 e. The molecule has 234 valence electrons. The van der Waals surface area contributed by atoms with Crippen LogP contribution in [0.4, 0.5) is 0 Å². The summed E-state index contributed by atoms with van der Waals surface area (Å²) in [6.45, 7) is 18.0. The summed E-state index contributed by atoms with van der Waals surface area (Å²) < 4.78 is 29.3. The molecule has 1 heterocycles. The maximum Gasteiger partial charge on any atom is 0.308 e. The lowest BCUT2D eigenvalue weighted by atomic mass is 9.44. The van der Waals surface area contributed by atoms with E-state index in [1.54, 1.807) is 12.2 Å². The quantitative estimate of drug-likeness (QED) is 0.148. The summed E-state index contributed by atoms with van der Waals surface area (Å²) in [4.78, 5) is 50.1. The second kappa shape index (κ2) is 13.5. The molecule has 10 heteroatoms. The highest BCUT2D eigenvalue weighted by atomic mass is 16.8. The first-order valence-electron chi connectivity index (χ1n) is 14.8. The molecule has 0 aromatic heterocycles. The summed E-state index contributed by atoms with van der Waals surface area (Å²) >= 11 is 0. The molecule has 1 aliphatic heterocycles. The van der Waals surface area contributed by atoms with Gasteiger partial charge in [-0.05, 0) is 49.5 Å². The smallest absolute Gasteiger partial charge is 0.308 e. The normalized spacial score (nSPS) is 35.1. The van der Waals surface area contributed by atoms with Crippen LogP contribution >= 0.6 is 0 Å². The van der Waals surface area contributed by atoms with Crippen LogP contribution in [0.3, 0.4) is 0 Å². The number of ether oxygens (including phenoxy) is 5. The summed E-state index contributed by atoms with van der Waals surface area (Å²) in [7, 11) is 0. The van der Waals surface area contributed by atoms with Crippen molar-refractivity contribution in [3.8, 4) is 0 Å². The minimum Gasteiger partial charge on any atom is -0.459 e. The Balaban J connectivity index is 2.29. The van der Waals surface area contributed by atoms with Gasteiger partial charge in [-0.2, -0.15) is 0 Å². The molecule has 10 nitrogen and oxygen atoms in total. The van der Waals surface area contributed by atoms with Crippen molar-refractivity contribution >= 4 is 23.9 Å². The number of esters is 4. The van der Waals surface area contributed by atoms with Crippen LogP contribution in [-0.2, 0) is 42.9 Å². The third kappa shape index (κ3) is 6.34. The van der Waals surface area contributed by atoms with Crippen molar-refractivity contribution in [1.82, 2.24) is 0 Å². The molecular weight excluding hydrogens is 544 g/mol. The molecule has 1 spiro atoms. The highest BCUT2D eigenvalue weighted by Gasteiger charge is 2.74. The number of carbonyl (C=O) groups is 4. The van der Waals surface area contributed by atoms with Gasteiger partial charge in [-0.3, -0.25) is 23.9 Å². The van der Waals surface area contributed by atoms with Crippen LogP contribution in [0.25, 0.3) is 0 Å². The zero-order valence-electron chi connectivity index (χ0n) is 25.7. The number of rotatable bonds is 12. The van der Waals surface area contributed by atoms with Crippen molar-refractivity contribution in [3.63, 3.8) is 0 Å². The van der Waals surface area contributed by atoms with E-state index in [0.29, 0.717) is 31.3 Å². The molecule has 2 fully saturated rings. The first-order chi connectivity index (χ1) is 19.8. The average Bonchev–Trinajstić information content (AvgIpc) is 3.20. The van der Waals surface area contributed by atoms with Crippen LogP contribution in [0.1, 0.15) is 86.5 Å². The zero-order chi connectivity index (χ0) is 31.4. The molecular formula is C32H46O10. The Morgan fingerprint density at radius 2 is 1.62 bits per heavy atom. The van der Waals surface area contributed by atoms with Crippen LogP contribution in [-0.4, -0.2) is 59.9 Å². The second-order valence-electron chi connectivity index (χ2n) is 11.9. The first kappa shape index (κ1) is 33.5. The van der Waals surface area contributed by atoms with Gasteiger partial charge < -0.3 is 24.1 Å². The highest BCUT2D eigenvalue weighted by molar-refractivity contribution is 5.71. The Hall–Kier alpha value is -2.98. The van der Waals surface area contributed by atoms with Crippen LogP contribution in [0.2, 0.25) is 0 Å². The molecule has 42 heavy (non-hydrogen) atoms. The van der Waals surface area contributed by atoms with Gasteiger partial charge in [0.1, 0.15) is 18.3 Å². The number of carbonyl (C=O) groups excluding carboxylic acids is 4. The Labute approximate surface area is 248 Å². The Bertz CT molecular complexity index is 1110. The number of aliphatic hydroxyl groups is 1. The zero-order valence-corrected chi connectivity index (χ0v) is 25.7. The summed E-state index contributed by atoms with van der Waals surface area (Å²) in [5, 5.41) is 12.2. The summed E-state index contributed by atoms with van der Waals surface area (Å²) in [5.74, 6) is -3.09. The van der Waals surface area contributed by atoms with Crippen molar-refractivity contribution < 1.29 is 48.0 Å². The fourth-order valence-electron chi connectivity index (χ4n) is 7.05. The van der Waals surface area contributed by atoms with Gasteiger partial charge in [0.15, 0.2) is 0 Å². The van der Waals surface area contributed by atoms with Crippen LogP contribution < -0.4 is 0 Å². The SMILES string of the molecule is C=CC(=C)CCC1(C)C(C)C(OC(C)=O)C(O)C23C(=CC(OC(=O)CCC)CC12)C(OC(=O)CCC)OC3OC(C)=O. The van der Waals surface area contributed by atoms with Crippen molar-refractivity contribution in [2.75, 3.05) is 0 Å². The van der Waals surface area contributed by atoms with Crippen molar-refractivity contribution in [3.05, 3.63) is 36.5 Å². The van der Waals surface area contributed by atoms with Crippen molar-refractivity contribution in [2.45, 2.75) is 117 Å². The molecule has 9 unspecified atom stereocenters. The third-order valence-corrected chi connectivity index (χ3v) is 9.21. The van der Waals surface area contributed by atoms with Gasteiger partial charge in [-0.25, -0.2) is 0 Å². The van der Waals surface area contributed by atoms with Crippen LogP contribution in [0, 0.1) is 22.7 Å². The summed E-state index contributed by atoms with van der Waals surface area (Å²) in [6, 6.07) is 0. The van der Waals surface area contributed by atoms with E-state index in [9.17, 15) is 24.3 Å². The molecule has 1 N–H and O–H groups in total. The molecule has 0 radical (unpaired) electrons. The third-order valence-electron chi connectivity index (χ3n) is 9.21. The lowest BCUT2D eigenvalue weighted by molar-refractivity contribution is -0.276. The standard InChI is InChI=1S/C32H46O10/c1-9-12-25(35)40-22-16-23-29(41-26(36)13-10-2)42-30(39-21(7)34)32(23)24(17-22)31(8,15-14-18(4)11-3)19(5)27(28(32)37)38-20(6)33/h11,16,19,22,24,27-30,37H,3-4,9-10,12-15,17H2,1-2,5-8H3. The van der Waals surface area contributed by atoms with Crippen LogP contribution in [0.5, 0.6) is 0 Å². The monoisotopic (exact) mass is 590 g/mol. The molecule has 1 saturated carbocycles. The van der Waals surface area contributed by atoms with Gasteiger partial charge in [0.25, 0.3) is 0 Å². The molecule has 0 amide bonds. The molecule has 0 aromatic carbocycles. The average molecular weight is 591 g/mol. The van der Waals surface area contributed by atoms with Gasteiger partial charge in [0.05, 0.1) is 5.41 Å². The maximum absolute atomic E-state index is 12.7. The van der Waals surface area contributed by atoms with E-state index in [1.165, 1.54) is 13.8 Å². The summed E-state index contributed by atoms with van der Waals surface area (Å²) in [5.41, 5.74) is -1.05. The number of aliphatic hydroxyl groups excluding tert-OH is 1. The number of hydrogen-bond donors (Lipinski definition) is 1. The van der Waals surface area contributed by atoms with Gasteiger partial charge in [-0.1, -0.05) is 52.5 Å². The number of hydrogen-bond acceptors (Lipinski definition) is 10. The van der Waals surface area contributed by atoms with Crippen molar-refractivity contribution in [2.24, 2.45) is 22.7 Å². The fourth-order valence-corrected chi connectivity index (χ4v) is 7.05. The molecule has 1 saturated heterocycles. The molecule has 3 aliphatic rings. The molecule has 0 bridgehead atoms. The van der Waals surface area contributed by atoms with Gasteiger partial charge in [0, 0.05) is 38.2 Å². The predicted molar refractivity (Wildman–Crippen MR) is 152 cm³/mol. The Morgan fingerprint density at radius 1 is 1.02 bits per heavy atom. The molecule has 3 rings (SSSR count). The van der Waals surface area contributed by atoms with E-state index >= 15 is 0 Å². The lowest BCUT2D eigenvalue weighted by Crippen LogP contribution is -2.68.